The van der Waals surface area contributed by atoms with Gasteiger partial charge >= 0.3 is 5.97 Å². The number of halogens is 2. The van der Waals surface area contributed by atoms with E-state index in [1.54, 1.807) is 48.5 Å². The van der Waals surface area contributed by atoms with Crippen LogP contribution in [-0.2, 0) is 40.4 Å². The molecule has 2 amide bonds. The first-order chi connectivity index (χ1) is 30.1. The number of nitrogens with zero attached hydrogens (tertiary/aromatic N) is 2. The van der Waals surface area contributed by atoms with Crippen molar-refractivity contribution in [1.82, 2.24) is 10.2 Å². The number of nitrogens with one attached hydrogen (secondary N) is 2. The fourth-order valence-electron chi connectivity index (χ4n) is 7.46. The van der Waals surface area contributed by atoms with Gasteiger partial charge in [0, 0.05) is 24.1 Å². The molecule has 2 aliphatic heterocycles. The summed E-state index contributed by atoms with van der Waals surface area (Å²) in [5.74, 6) is 5.52. The molecule has 3 atom stereocenters. The molecule has 62 heavy (non-hydrogen) atoms. The zero-order valence-corrected chi connectivity index (χ0v) is 34.6. The molecule has 2 aliphatic rings. The first-order valence-electron chi connectivity index (χ1n) is 19.8. The van der Waals surface area contributed by atoms with Crippen molar-refractivity contribution < 1.29 is 29.0 Å². The van der Waals surface area contributed by atoms with Gasteiger partial charge in [-0.15, -0.1) is 0 Å². The van der Waals surface area contributed by atoms with Crippen molar-refractivity contribution in [2.75, 3.05) is 11.9 Å². The van der Waals surface area contributed by atoms with E-state index in [-0.39, 0.29) is 31.9 Å². The lowest BCUT2D eigenvalue weighted by molar-refractivity contribution is -0.142. The second kappa shape index (κ2) is 18.7. The van der Waals surface area contributed by atoms with Crippen molar-refractivity contribution in [3.63, 3.8) is 0 Å². The zero-order chi connectivity index (χ0) is 43.2. The molecule has 12 heteroatoms. The van der Waals surface area contributed by atoms with Crippen LogP contribution in [0.25, 0.3) is 11.1 Å². The Kier molecular flexibility index (Phi) is 12.5. The molecule has 0 saturated carbocycles. The first-order valence-corrected chi connectivity index (χ1v) is 20.6. The van der Waals surface area contributed by atoms with Crippen LogP contribution in [0.1, 0.15) is 45.0 Å². The van der Waals surface area contributed by atoms with E-state index in [0.29, 0.717) is 44.9 Å². The number of carbonyl (C=O) groups excluding carboxylic acids is 2. The van der Waals surface area contributed by atoms with Gasteiger partial charge < -0.3 is 25.2 Å². The number of anilines is 1. The van der Waals surface area contributed by atoms with Crippen molar-refractivity contribution in [3.05, 3.63) is 182 Å². The van der Waals surface area contributed by atoms with Crippen LogP contribution < -0.4 is 20.1 Å². The molecule has 0 spiro atoms. The van der Waals surface area contributed by atoms with Gasteiger partial charge in [-0.25, -0.2) is 4.79 Å². The molecule has 10 nitrogen and oxygen atoms in total. The molecule has 2 heterocycles. The standard InChI is InChI=1S/C50H38Cl2N4O6/c51-41-21-12-34(23-42(41)52)30-61-40-19-17-37(18-20-40)47-49(58)54-43-25-38-26-45(56(29-39(38)27-46(43)62-47)22-4-7-31-5-2-1-3-6-31)48(57)55-44(50(59)60)24-32-8-13-35(14-9-32)36-15-10-33(28-53)11-16-36/h1-3,5-6,8-21,23,25,27,44-45,47H,22,24,26,29-30H2,(H,54,58)(H,55,57)(H,59,60)/t44-,45?,47-/m0/s1. The molecule has 0 saturated heterocycles. The maximum Gasteiger partial charge on any atom is 0.326 e. The topological polar surface area (TPSA) is 141 Å². The highest BCUT2D eigenvalue weighted by atomic mass is 35.5. The van der Waals surface area contributed by atoms with Crippen LogP contribution in [0.15, 0.2) is 133 Å². The van der Waals surface area contributed by atoms with Crippen molar-refractivity contribution >= 4 is 46.7 Å². The van der Waals surface area contributed by atoms with Gasteiger partial charge in [0.1, 0.15) is 24.1 Å². The lowest BCUT2D eigenvalue weighted by atomic mass is 9.91. The maximum atomic E-state index is 14.2. The Bertz CT molecular complexity index is 2750. The van der Waals surface area contributed by atoms with Crippen molar-refractivity contribution in [3.8, 4) is 40.5 Å². The molecule has 308 valence electrons. The number of carboxylic acids is 1. The quantitative estimate of drug-likeness (QED) is 0.110. The van der Waals surface area contributed by atoms with Gasteiger partial charge in [0.15, 0.2) is 0 Å². The Balaban J connectivity index is 0.980. The molecule has 0 bridgehead atoms. The molecule has 8 rings (SSSR count). The van der Waals surface area contributed by atoms with Crippen LogP contribution in [0.2, 0.25) is 10.0 Å². The van der Waals surface area contributed by atoms with E-state index in [9.17, 15) is 19.5 Å². The fourth-order valence-corrected chi connectivity index (χ4v) is 7.78. The normalized spacial score (nSPS) is 15.9. The van der Waals surface area contributed by atoms with Crippen LogP contribution in [0.5, 0.6) is 11.5 Å². The summed E-state index contributed by atoms with van der Waals surface area (Å²) in [5.41, 5.74) is 7.67. The van der Waals surface area contributed by atoms with Crippen LogP contribution >= 0.6 is 23.2 Å². The van der Waals surface area contributed by atoms with Crippen molar-refractivity contribution in [1.29, 1.82) is 5.26 Å². The lowest BCUT2D eigenvalue weighted by Gasteiger charge is -2.36. The van der Waals surface area contributed by atoms with Crippen molar-refractivity contribution in [2.24, 2.45) is 0 Å². The van der Waals surface area contributed by atoms with E-state index >= 15 is 0 Å². The maximum absolute atomic E-state index is 14.2. The number of hydrogen-bond donors (Lipinski definition) is 3. The summed E-state index contributed by atoms with van der Waals surface area (Å²) in [6.45, 7) is 0.841. The van der Waals surface area contributed by atoms with Gasteiger partial charge in [-0.2, -0.15) is 5.26 Å². The summed E-state index contributed by atoms with van der Waals surface area (Å²) in [6, 6.07) is 40.5. The molecule has 6 aromatic carbocycles. The van der Waals surface area contributed by atoms with Crippen LogP contribution in [-0.4, -0.2) is 46.4 Å². The third-order valence-corrected chi connectivity index (χ3v) is 11.5. The van der Waals surface area contributed by atoms with E-state index < -0.39 is 30.1 Å². The average molecular weight is 862 g/mol. The number of carboxylic acid groups (broad SMARTS) is 1. The molecule has 6 aromatic rings. The number of fused-ring (bicyclic) bond motifs is 2. The largest absolute Gasteiger partial charge is 0.489 e. The number of hydrogen-bond acceptors (Lipinski definition) is 7. The molecular formula is C50H38Cl2N4O6. The molecular weight excluding hydrogens is 823 g/mol. The number of aliphatic carboxylic acids is 1. The predicted octanol–water partition coefficient (Wildman–Crippen LogP) is 8.77. The second-order valence-electron chi connectivity index (χ2n) is 15.0. The second-order valence-corrected chi connectivity index (χ2v) is 15.8. The molecule has 1 unspecified atom stereocenters. The highest BCUT2D eigenvalue weighted by Crippen LogP contribution is 2.40. The van der Waals surface area contributed by atoms with Crippen LogP contribution in [0.4, 0.5) is 5.69 Å². The molecule has 0 aliphatic carbocycles. The van der Waals surface area contributed by atoms with Gasteiger partial charge in [-0.1, -0.05) is 108 Å². The fraction of sp³-hybridized carbons (Fsp3) is 0.160. The number of amides is 2. The monoisotopic (exact) mass is 860 g/mol. The lowest BCUT2D eigenvalue weighted by Crippen LogP contribution is -2.54. The van der Waals surface area contributed by atoms with Gasteiger partial charge in [0.2, 0.25) is 12.0 Å². The van der Waals surface area contributed by atoms with E-state index in [4.69, 9.17) is 37.9 Å². The third kappa shape index (κ3) is 9.76. The van der Waals surface area contributed by atoms with Crippen molar-refractivity contribution in [2.45, 2.75) is 44.2 Å². The molecule has 3 N–H and O–H groups in total. The Morgan fingerprint density at radius 1 is 0.855 bits per heavy atom. The number of benzene rings is 6. The van der Waals surface area contributed by atoms with E-state index in [1.807, 2.05) is 89.8 Å². The summed E-state index contributed by atoms with van der Waals surface area (Å²) in [7, 11) is 0. The SMILES string of the molecule is N#Cc1ccc(-c2ccc(C[C@H](NC(=O)C3Cc4cc5c(cc4CN3CC#Cc3ccccc3)O[C@@H](c3ccc(OCc4ccc(Cl)c(Cl)c4)cc3)C(=O)N5)C(=O)O)cc2)cc1. The van der Waals surface area contributed by atoms with Gasteiger partial charge in [-0.3, -0.25) is 14.5 Å². The Morgan fingerprint density at radius 2 is 1.56 bits per heavy atom. The minimum atomic E-state index is -1.20. The minimum Gasteiger partial charge on any atom is -0.489 e. The van der Waals surface area contributed by atoms with Gasteiger partial charge in [0.25, 0.3) is 5.91 Å². The molecule has 0 aromatic heterocycles. The van der Waals surface area contributed by atoms with Gasteiger partial charge in [0.05, 0.1) is 40.0 Å². The average Bonchev–Trinajstić information content (AvgIpc) is 3.29. The number of nitriles is 1. The summed E-state index contributed by atoms with van der Waals surface area (Å²) < 4.78 is 12.3. The predicted molar refractivity (Wildman–Crippen MR) is 237 cm³/mol. The van der Waals surface area contributed by atoms with E-state index in [2.05, 4.69) is 28.5 Å². The third-order valence-electron chi connectivity index (χ3n) is 10.8. The Labute approximate surface area is 368 Å². The number of ether oxygens (including phenoxy) is 2. The minimum absolute atomic E-state index is 0.0678. The smallest absolute Gasteiger partial charge is 0.326 e. The number of carbonyl (C=O) groups is 3. The highest BCUT2D eigenvalue weighted by molar-refractivity contribution is 6.42. The van der Waals surface area contributed by atoms with E-state index in [0.717, 1.165) is 38.9 Å². The van der Waals surface area contributed by atoms with Crippen LogP contribution in [0.3, 0.4) is 0 Å². The Morgan fingerprint density at radius 3 is 2.26 bits per heavy atom. The summed E-state index contributed by atoms with van der Waals surface area (Å²) in [5, 5.41) is 26.1. The van der Waals surface area contributed by atoms with Gasteiger partial charge in [-0.05, 0) is 100 Å². The Hall–Kier alpha value is -7.08. The highest BCUT2D eigenvalue weighted by Gasteiger charge is 2.36. The number of rotatable bonds is 11. The van der Waals surface area contributed by atoms with E-state index in [1.165, 1.54) is 0 Å². The zero-order valence-electron chi connectivity index (χ0n) is 33.1. The first kappa shape index (κ1) is 41.6. The summed E-state index contributed by atoms with van der Waals surface area (Å²) in [6.07, 6.45) is -0.603. The summed E-state index contributed by atoms with van der Waals surface area (Å²) in [4.78, 5) is 42.1. The van der Waals surface area contributed by atoms with Crippen LogP contribution in [0, 0.1) is 23.2 Å². The molecule has 0 fully saturated rings. The summed E-state index contributed by atoms with van der Waals surface area (Å²) >= 11 is 12.2. The molecule has 0 radical (unpaired) electrons.